The molecule has 0 aliphatic carbocycles. The second kappa shape index (κ2) is 6.73. The van der Waals surface area contributed by atoms with Crippen LogP contribution < -0.4 is 0 Å². The van der Waals surface area contributed by atoms with E-state index < -0.39 is 33.7 Å². The van der Waals surface area contributed by atoms with Gasteiger partial charge < -0.3 is 4.90 Å². The van der Waals surface area contributed by atoms with Gasteiger partial charge in [-0.3, -0.25) is 4.79 Å². The van der Waals surface area contributed by atoms with Crippen molar-refractivity contribution < 1.29 is 26.4 Å². The topological polar surface area (TPSA) is 57.7 Å². The maximum Gasteiger partial charge on any atom is 0.270 e. The number of likely N-dealkylation sites (tertiary alicyclic amines) is 1. The molecule has 0 unspecified atom stereocenters. The molecule has 1 spiro atoms. The minimum absolute atomic E-state index is 0.0554. The van der Waals surface area contributed by atoms with Crippen LogP contribution in [-0.4, -0.2) is 55.6 Å². The molecule has 10 heteroatoms. The Hall–Kier alpha value is -1.13. The Bertz CT molecular complexity index is 870. The van der Waals surface area contributed by atoms with Gasteiger partial charge in [-0.05, 0) is 40.5 Å². The van der Waals surface area contributed by atoms with Gasteiger partial charge in [0.25, 0.3) is 5.92 Å². The summed E-state index contributed by atoms with van der Waals surface area (Å²) in [6.45, 7) is 2.20. The maximum atomic E-state index is 14.9. The SMILES string of the molecule is CC(C)C(=O)N1CC2(CCN(S(=O)(=O)c3ccc(Br)c(F)c3)CC2(F)F)C1. The van der Waals surface area contributed by atoms with E-state index in [4.69, 9.17) is 0 Å². The Morgan fingerprint density at radius 3 is 2.37 bits per heavy atom. The van der Waals surface area contributed by atoms with Crippen LogP contribution in [0.15, 0.2) is 27.6 Å². The van der Waals surface area contributed by atoms with Gasteiger partial charge in [0.15, 0.2) is 0 Å². The molecule has 2 fully saturated rings. The predicted octanol–water partition coefficient (Wildman–Crippen LogP) is 3.10. The molecule has 0 saturated carbocycles. The molecule has 0 atom stereocenters. The van der Waals surface area contributed by atoms with Crippen LogP contribution in [0.4, 0.5) is 13.2 Å². The molecule has 27 heavy (non-hydrogen) atoms. The molecule has 0 aromatic heterocycles. The molecule has 5 nitrogen and oxygen atoms in total. The Morgan fingerprint density at radius 2 is 1.85 bits per heavy atom. The van der Waals surface area contributed by atoms with Gasteiger partial charge in [-0.2, -0.15) is 4.31 Å². The van der Waals surface area contributed by atoms with Crippen LogP contribution >= 0.6 is 15.9 Å². The summed E-state index contributed by atoms with van der Waals surface area (Å²) in [5.74, 6) is -4.52. The smallest absolute Gasteiger partial charge is 0.270 e. The number of rotatable bonds is 3. The zero-order chi connectivity index (χ0) is 20.2. The molecule has 2 saturated heterocycles. The maximum absolute atomic E-state index is 14.9. The molecule has 1 aromatic carbocycles. The van der Waals surface area contributed by atoms with Crippen LogP contribution in [0.3, 0.4) is 0 Å². The minimum Gasteiger partial charge on any atom is -0.341 e. The molecule has 0 N–H and O–H groups in total. The van der Waals surface area contributed by atoms with Crippen LogP contribution in [0, 0.1) is 17.2 Å². The van der Waals surface area contributed by atoms with Crippen molar-refractivity contribution in [3.05, 3.63) is 28.5 Å². The molecular weight excluding hydrogens is 449 g/mol. The van der Waals surface area contributed by atoms with E-state index in [0.717, 1.165) is 6.07 Å². The lowest BCUT2D eigenvalue weighted by Crippen LogP contribution is -2.71. The Morgan fingerprint density at radius 1 is 1.22 bits per heavy atom. The fourth-order valence-corrected chi connectivity index (χ4v) is 5.28. The highest BCUT2D eigenvalue weighted by Gasteiger charge is 2.64. The van der Waals surface area contributed by atoms with Crippen LogP contribution in [0.1, 0.15) is 20.3 Å². The summed E-state index contributed by atoms with van der Waals surface area (Å²) in [7, 11) is -4.24. The number of alkyl halides is 2. The van der Waals surface area contributed by atoms with E-state index in [1.54, 1.807) is 13.8 Å². The normalized spacial score (nSPS) is 22.1. The molecule has 1 amide bonds. The van der Waals surface area contributed by atoms with Gasteiger partial charge >= 0.3 is 0 Å². The summed E-state index contributed by atoms with van der Waals surface area (Å²) in [6.07, 6.45) is -0.0554. The van der Waals surface area contributed by atoms with Crippen molar-refractivity contribution in [2.45, 2.75) is 31.1 Å². The number of hydrogen-bond acceptors (Lipinski definition) is 3. The van der Waals surface area contributed by atoms with E-state index in [1.165, 1.54) is 17.0 Å². The highest BCUT2D eigenvalue weighted by atomic mass is 79.9. The average Bonchev–Trinajstić information content (AvgIpc) is 2.53. The molecule has 2 aliphatic rings. The third kappa shape index (κ3) is 3.40. The van der Waals surface area contributed by atoms with Crippen molar-refractivity contribution in [1.82, 2.24) is 9.21 Å². The van der Waals surface area contributed by atoms with Gasteiger partial charge in [-0.1, -0.05) is 13.8 Å². The van der Waals surface area contributed by atoms with Gasteiger partial charge in [0.1, 0.15) is 5.82 Å². The van der Waals surface area contributed by atoms with Gasteiger partial charge in [0.05, 0.1) is 21.3 Å². The van der Waals surface area contributed by atoms with Gasteiger partial charge in [0, 0.05) is 25.6 Å². The van der Waals surface area contributed by atoms with E-state index in [0.29, 0.717) is 4.31 Å². The number of halogens is 4. The summed E-state index contributed by atoms with van der Waals surface area (Å²) >= 11 is 2.93. The highest BCUT2D eigenvalue weighted by molar-refractivity contribution is 9.10. The Kier molecular flexibility index (Phi) is 5.14. The van der Waals surface area contributed by atoms with Crippen molar-refractivity contribution in [3.63, 3.8) is 0 Å². The van der Waals surface area contributed by atoms with Crippen molar-refractivity contribution in [3.8, 4) is 0 Å². The number of carbonyl (C=O) groups excluding carboxylic acids is 1. The van der Waals surface area contributed by atoms with Gasteiger partial charge in [0.2, 0.25) is 15.9 Å². The molecule has 0 bridgehead atoms. The first-order chi connectivity index (χ1) is 12.4. The summed E-state index contributed by atoms with van der Waals surface area (Å²) in [4.78, 5) is 13.0. The number of sulfonamides is 1. The lowest BCUT2D eigenvalue weighted by atomic mass is 9.69. The average molecular weight is 469 g/mol. The second-order valence-corrected chi connectivity index (χ2v) is 10.3. The van der Waals surface area contributed by atoms with Crippen LogP contribution in [-0.2, 0) is 14.8 Å². The number of hydrogen-bond donors (Lipinski definition) is 0. The van der Waals surface area contributed by atoms with Crippen molar-refractivity contribution in [2.24, 2.45) is 11.3 Å². The number of benzene rings is 1. The molecule has 1 aromatic rings. The number of carbonyl (C=O) groups is 1. The van der Waals surface area contributed by atoms with Crippen LogP contribution in [0.2, 0.25) is 0 Å². The zero-order valence-electron chi connectivity index (χ0n) is 14.9. The fraction of sp³-hybridized carbons (Fsp3) is 0.588. The summed E-state index contributed by atoms with van der Waals surface area (Å²) < 4.78 is 69.5. The molecule has 150 valence electrons. The highest BCUT2D eigenvalue weighted by Crippen LogP contribution is 2.51. The zero-order valence-corrected chi connectivity index (χ0v) is 17.3. The van der Waals surface area contributed by atoms with Gasteiger partial charge in [-0.15, -0.1) is 0 Å². The molecular formula is C17H20BrF3N2O3S. The Labute approximate surface area is 164 Å². The van der Waals surface area contributed by atoms with Crippen LogP contribution in [0.25, 0.3) is 0 Å². The number of piperidine rings is 1. The van der Waals surface area contributed by atoms with E-state index in [2.05, 4.69) is 15.9 Å². The number of amides is 1. The second-order valence-electron chi connectivity index (χ2n) is 7.50. The fourth-order valence-electron chi connectivity index (χ4n) is 3.58. The quantitative estimate of drug-likeness (QED) is 0.684. The van der Waals surface area contributed by atoms with Gasteiger partial charge in [-0.25, -0.2) is 21.6 Å². The lowest BCUT2D eigenvalue weighted by Gasteiger charge is -2.57. The van der Waals surface area contributed by atoms with E-state index in [1.807, 2.05) is 0 Å². The monoisotopic (exact) mass is 468 g/mol. The molecule has 2 aliphatic heterocycles. The largest absolute Gasteiger partial charge is 0.341 e. The standard InChI is InChI=1S/C17H20BrF3N2O3S/c1-11(2)15(24)22-8-16(9-22)5-6-23(10-17(16,20)21)27(25,26)12-3-4-13(18)14(19)7-12/h3-4,7,11H,5-6,8-10H2,1-2H3. The lowest BCUT2D eigenvalue weighted by molar-refractivity contribution is -0.217. The third-order valence-electron chi connectivity index (χ3n) is 5.31. The summed E-state index contributed by atoms with van der Waals surface area (Å²) in [5.41, 5.74) is -1.39. The predicted molar refractivity (Wildman–Crippen MR) is 96.3 cm³/mol. The molecule has 0 radical (unpaired) electrons. The number of nitrogens with zero attached hydrogens (tertiary/aromatic N) is 2. The van der Waals surface area contributed by atoms with E-state index >= 15 is 0 Å². The van der Waals surface area contributed by atoms with Crippen LogP contribution in [0.5, 0.6) is 0 Å². The minimum atomic E-state index is -4.24. The van der Waals surface area contributed by atoms with E-state index in [9.17, 15) is 26.4 Å². The first-order valence-corrected chi connectivity index (χ1v) is 10.7. The van der Waals surface area contributed by atoms with Crippen molar-refractivity contribution in [2.75, 3.05) is 26.2 Å². The first kappa shape index (κ1) is 20.6. The molecule has 3 rings (SSSR count). The molecule has 2 heterocycles. The Balaban J connectivity index is 1.78. The summed E-state index contributed by atoms with van der Waals surface area (Å²) in [6, 6.07) is 3.22. The van der Waals surface area contributed by atoms with Crippen molar-refractivity contribution >= 4 is 31.9 Å². The summed E-state index contributed by atoms with van der Waals surface area (Å²) in [5, 5.41) is 0. The third-order valence-corrected chi connectivity index (χ3v) is 7.80. The van der Waals surface area contributed by atoms with E-state index in [-0.39, 0.29) is 47.2 Å². The first-order valence-electron chi connectivity index (χ1n) is 8.51. The van der Waals surface area contributed by atoms with Crippen molar-refractivity contribution in [1.29, 1.82) is 0 Å².